The van der Waals surface area contributed by atoms with E-state index in [-0.39, 0.29) is 0 Å². The smallest absolute Gasteiger partial charge is 0.0443 e. The van der Waals surface area contributed by atoms with E-state index in [1.165, 1.54) is 32.1 Å². The molecular formula is C8H19NSi. The highest BCUT2D eigenvalue weighted by Crippen LogP contribution is 2.13. The molecule has 60 valence electrons. The molecule has 10 heavy (non-hydrogen) atoms. The Morgan fingerprint density at radius 2 is 1.80 bits per heavy atom. The number of hydrogen-bond acceptors (Lipinski definition) is 1. The molecule has 0 atom stereocenters. The third-order valence-electron chi connectivity index (χ3n) is 1.94. The van der Waals surface area contributed by atoms with E-state index in [1.807, 2.05) is 0 Å². The summed E-state index contributed by atoms with van der Waals surface area (Å²) in [6, 6.07) is 1.50. The second-order valence-electron chi connectivity index (χ2n) is 4.51. The van der Waals surface area contributed by atoms with Crippen molar-refractivity contribution in [2.75, 3.05) is 19.6 Å². The SMILES string of the molecule is C[Si](C)(C)CCCN1CC1. The van der Waals surface area contributed by atoms with E-state index in [2.05, 4.69) is 24.5 Å². The highest BCUT2D eigenvalue weighted by Gasteiger charge is 2.18. The summed E-state index contributed by atoms with van der Waals surface area (Å²) in [6.07, 6.45) is 1.44. The lowest BCUT2D eigenvalue weighted by atomic mass is 10.5. The van der Waals surface area contributed by atoms with Gasteiger partial charge in [0.25, 0.3) is 0 Å². The highest BCUT2D eigenvalue weighted by atomic mass is 28.3. The maximum atomic E-state index is 2.51. The van der Waals surface area contributed by atoms with Gasteiger partial charge in [-0.05, 0) is 13.0 Å². The van der Waals surface area contributed by atoms with Crippen molar-refractivity contribution in [2.24, 2.45) is 0 Å². The zero-order valence-corrected chi connectivity index (χ0v) is 8.48. The van der Waals surface area contributed by atoms with Gasteiger partial charge in [-0.25, -0.2) is 0 Å². The fourth-order valence-corrected chi connectivity index (χ4v) is 2.35. The summed E-state index contributed by atoms with van der Waals surface area (Å²) in [7, 11) is -0.723. The maximum Gasteiger partial charge on any atom is 0.0443 e. The molecule has 1 saturated heterocycles. The molecule has 0 aromatic heterocycles. The van der Waals surface area contributed by atoms with E-state index < -0.39 is 8.07 Å². The minimum Gasteiger partial charge on any atom is -0.301 e. The standard InChI is InChI=1S/C8H19NSi/c1-10(2,3)8-4-5-9-6-7-9/h4-8H2,1-3H3. The van der Waals surface area contributed by atoms with Crippen LogP contribution < -0.4 is 0 Å². The first kappa shape index (κ1) is 8.28. The summed E-state index contributed by atoms with van der Waals surface area (Å²) >= 11 is 0. The predicted octanol–water partition coefficient (Wildman–Crippen LogP) is 2.03. The van der Waals surface area contributed by atoms with Crippen molar-refractivity contribution in [3.63, 3.8) is 0 Å². The fraction of sp³-hybridized carbons (Fsp3) is 1.00. The minimum absolute atomic E-state index is 0.723. The van der Waals surface area contributed by atoms with E-state index in [1.54, 1.807) is 0 Å². The average Bonchev–Trinajstić information content (AvgIpc) is 2.45. The number of hydrogen-bond donors (Lipinski definition) is 0. The van der Waals surface area contributed by atoms with Gasteiger partial charge in [0, 0.05) is 21.2 Å². The second-order valence-corrected chi connectivity index (χ2v) is 10.1. The van der Waals surface area contributed by atoms with Crippen LogP contribution in [0.15, 0.2) is 0 Å². The highest BCUT2D eigenvalue weighted by molar-refractivity contribution is 6.76. The lowest BCUT2D eigenvalue weighted by Crippen LogP contribution is -2.20. The fourth-order valence-electron chi connectivity index (χ4n) is 1.13. The Kier molecular flexibility index (Phi) is 2.53. The number of nitrogens with zero attached hydrogens (tertiary/aromatic N) is 1. The maximum absolute atomic E-state index is 2.51. The Morgan fingerprint density at radius 1 is 1.20 bits per heavy atom. The van der Waals surface area contributed by atoms with E-state index >= 15 is 0 Å². The molecule has 1 aliphatic rings. The Hall–Kier alpha value is 0.177. The van der Waals surface area contributed by atoms with Crippen LogP contribution in [0.5, 0.6) is 0 Å². The lowest BCUT2D eigenvalue weighted by molar-refractivity contribution is 0.549. The molecule has 0 aliphatic carbocycles. The van der Waals surface area contributed by atoms with Crippen LogP contribution in [0.25, 0.3) is 0 Å². The van der Waals surface area contributed by atoms with Gasteiger partial charge >= 0.3 is 0 Å². The largest absolute Gasteiger partial charge is 0.301 e. The van der Waals surface area contributed by atoms with Crippen molar-refractivity contribution in [1.29, 1.82) is 0 Å². The summed E-state index contributed by atoms with van der Waals surface area (Å²) in [4.78, 5) is 2.51. The second kappa shape index (κ2) is 3.05. The van der Waals surface area contributed by atoms with Gasteiger partial charge in [0.2, 0.25) is 0 Å². The quantitative estimate of drug-likeness (QED) is 0.446. The Balaban J connectivity index is 1.93. The van der Waals surface area contributed by atoms with E-state index in [4.69, 9.17) is 0 Å². The van der Waals surface area contributed by atoms with Gasteiger partial charge in [0.05, 0.1) is 0 Å². The third-order valence-corrected chi connectivity index (χ3v) is 3.79. The molecule has 0 bridgehead atoms. The molecule has 0 aromatic rings. The van der Waals surface area contributed by atoms with E-state index in [9.17, 15) is 0 Å². The first-order valence-electron chi connectivity index (χ1n) is 4.30. The average molecular weight is 157 g/mol. The van der Waals surface area contributed by atoms with Crippen LogP contribution in [0.1, 0.15) is 6.42 Å². The first-order valence-corrected chi connectivity index (χ1v) is 8.01. The van der Waals surface area contributed by atoms with Gasteiger partial charge in [0.15, 0.2) is 0 Å². The Labute approximate surface area is 65.4 Å². The summed E-state index contributed by atoms with van der Waals surface area (Å²) in [5, 5.41) is 0. The molecular weight excluding hydrogens is 138 g/mol. The van der Waals surface area contributed by atoms with E-state index in [0.717, 1.165) is 0 Å². The monoisotopic (exact) mass is 157 g/mol. The van der Waals surface area contributed by atoms with Gasteiger partial charge in [0.1, 0.15) is 0 Å². The minimum atomic E-state index is -0.723. The zero-order chi connectivity index (χ0) is 7.61. The van der Waals surface area contributed by atoms with Gasteiger partial charge in [-0.15, -0.1) is 0 Å². The molecule has 0 spiro atoms. The van der Waals surface area contributed by atoms with Gasteiger partial charge < -0.3 is 4.90 Å². The molecule has 0 unspecified atom stereocenters. The first-order chi connectivity index (χ1) is 4.58. The lowest BCUT2D eigenvalue weighted by Gasteiger charge is -2.14. The van der Waals surface area contributed by atoms with Crippen LogP contribution in [0.2, 0.25) is 25.7 Å². The van der Waals surface area contributed by atoms with Crippen LogP contribution in [0.3, 0.4) is 0 Å². The van der Waals surface area contributed by atoms with Gasteiger partial charge in [-0.3, -0.25) is 0 Å². The Bertz CT molecular complexity index is 102. The van der Waals surface area contributed by atoms with Crippen molar-refractivity contribution in [2.45, 2.75) is 32.1 Å². The normalized spacial score (nSPS) is 19.5. The molecule has 1 nitrogen and oxygen atoms in total. The predicted molar refractivity (Wildman–Crippen MR) is 49.2 cm³/mol. The van der Waals surface area contributed by atoms with Crippen molar-refractivity contribution in [1.82, 2.24) is 4.90 Å². The van der Waals surface area contributed by atoms with Crippen LogP contribution >= 0.6 is 0 Å². The molecule has 2 heteroatoms. The van der Waals surface area contributed by atoms with Crippen molar-refractivity contribution in [3.05, 3.63) is 0 Å². The molecule has 0 aromatic carbocycles. The summed E-state index contributed by atoms with van der Waals surface area (Å²) in [5.74, 6) is 0. The molecule has 0 N–H and O–H groups in total. The summed E-state index contributed by atoms with van der Waals surface area (Å²) in [5.41, 5.74) is 0. The molecule has 0 radical (unpaired) electrons. The van der Waals surface area contributed by atoms with Crippen LogP contribution in [0.4, 0.5) is 0 Å². The molecule has 1 fully saturated rings. The summed E-state index contributed by atoms with van der Waals surface area (Å²) < 4.78 is 0. The van der Waals surface area contributed by atoms with Gasteiger partial charge in [-0.2, -0.15) is 0 Å². The van der Waals surface area contributed by atoms with Crippen LogP contribution in [-0.4, -0.2) is 32.6 Å². The molecule has 1 aliphatic heterocycles. The third kappa shape index (κ3) is 4.07. The van der Waals surface area contributed by atoms with E-state index in [0.29, 0.717) is 0 Å². The zero-order valence-electron chi connectivity index (χ0n) is 7.48. The van der Waals surface area contributed by atoms with Crippen LogP contribution in [0, 0.1) is 0 Å². The Morgan fingerprint density at radius 3 is 2.20 bits per heavy atom. The van der Waals surface area contributed by atoms with Crippen molar-refractivity contribution in [3.8, 4) is 0 Å². The molecule has 1 heterocycles. The summed E-state index contributed by atoms with van der Waals surface area (Å²) in [6.45, 7) is 11.5. The number of rotatable bonds is 4. The molecule has 0 amide bonds. The van der Waals surface area contributed by atoms with Crippen molar-refractivity contribution < 1.29 is 0 Å². The molecule has 1 rings (SSSR count). The van der Waals surface area contributed by atoms with Gasteiger partial charge in [-0.1, -0.05) is 25.7 Å². The van der Waals surface area contributed by atoms with Crippen molar-refractivity contribution >= 4 is 8.07 Å². The molecule has 0 saturated carbocycles. The topological polar surface area (TPSA) is 3.01 Å². The van der Waals surface area contributed by atoms with Crippen LogP contribution in [-0.2, 0) is 0 Å².